The van der Waals surface area contributed by atoms with E-state index in [0.29, 0.717) is 5.89 Å². The Bertz CT molecular complexity index is 885. The molecule has 0 saturated carbocycles. The molecule has 5 nitrogen and oxygen atoms in total. The number of hydrogen-bond donors (Lipinski definition) is 0. The lowest BCUT2D eigenvalue weighted by Crippen LogP contribution is -2.00. The zero-order valence-electron chi connectivity index (χ0n) is 12.7. The van der Waals surface area contributed by atoms with E-state index >= 15 is 0 Å². The number of halogens is 1. The van der Waals surface area contributed by atoms with Gasteiger partial charge in [-0.1, -0.05) is 22.0 Å². The predicted molar refractivity (Wildman–Crippen MR) is 95.3 cm³/mol. The predicted octanol–water partition coefficient (Wildman–Crippen LogP) is 4.63. The van der Waals surface area contributed by atoms with Gasteiger partial charge in [-0.2, -0.15) is 0 Å². The summed E-state index contributed by atoms with van der Waals surface area (Å²) in [5.41, 5.74) is 0.794. The first kappa shape index (κ1) is 16.6. The number of ether oxygens (including phenoxy) is 1. The molecule has 0 N–H and O–H groups in total. The van der Waals surface area contributed by atoms with Gasteiger partial charge >= 0.3 is 5.97 Å². The summed E-state index contributed by atoms with van der Waals surface area (Å²) in [6, 6.07) is 11.5. The lowest BCUT2D eigenvalue weighted by atomic mass is 10.2. The summed E-state index contributed by atoms with van der Waals surface area (Å²) in [5, 5.41) is 7.84. The molecule has 0 aliphatic carbocycles. The standard InChI is InChI=1S/C17H13BrN2O3S/c1-11-5-6-14(24-11)7-8-16(21)22-10-15-19-20-17(23-15)12-3-2-4-13(18)9-12/h2-9H,10H2,1H3. The highest BCUT2D eigenvalue weighted by Crippen LogP contribution is 2.22. The molecule has 0 bridgehead atoms. The third-order valence-electron chi connectivity index (χ3n) is 3.02. The van der Waals surface area contributed by atoms with E-state index < -0.39 is 5.97 Å². The van der Waals surface area contributed by atoms with Gasteiger partial charge in [0.05, 0.1) is 0 Å². The number of esters is 1. The minimum absolute atomic E-state index is 0.0619. The molecule has 0 atom stereocenters. The molecule has 0 spiro atoms. The molecular weight excluding hydrogens is 392 g/mol. The molecule has 0 amide bonds. The van der Waals surface area contributed by atoms with Crippen LogP contribution < -0.4 is 0 Å². The van der Waals surface area contributed by atoms with Gasteiger partial charge in [-0.25, -0.2) is 4.79 Å². The average Bonchev–Trinajstić information content (AvgIpc) is 3.20. The molecule has 0 aliphatic rings. The Morgan fingerprint density at radius 3 is 2.96 bits per heavy atom. The maximum Gasteiger partial charge on any atom is 0.331 e. The smallest absolute Gasteiger partial charge is 0.331 e. The fourth-order valence-corrected chi connectivity index (χ4v) is 3.10. The molecule has 0 unspecified atom stereocenters. The topological polar surface area (TPSA) is 65.2 Å². The Hall–Kier alpha value is -2.25. The van der Waals surface area contributed by atoms with Crippen molar-refractivity contribution in [2.45, 2.75) is 13.5 Å². The van der Waals surface area contributed by atoms with E-state index in [1.807, 2.05) is 43.3 Å². The van der Waals surface area contributed by atoms with Gasteiger partial charge in [-0.05, 0) is 43.3 Å². The van der Waals surface area contributed by atoms with Crippen molar-refractivity contribution < 1.29 is 13.9 Å². The molecule has 2 heterocycles. The molecule has 0 aliphatic heterocycles. The van der Waals surface area contributed by atoms with Crippen molar-refractivity contribution >= 4 is 39.3 Å². The fraction of sp³-hybridized carbons (Fsp3) is 0.118. The second kappa shape index (κ2) is 7.55. The summed E-state index contributed by atoms with van der Waals surface area (Å²) in [6.07, 6.45) is 3.11. The highest BCUT2D eigenvalue weighted by molar-refractivity contribution is 9.10. The number of rotatable bonds is 5. The number of aryl methyl sites for hydroxylation is 1. The minimum atomic E-state index is -0.455. The van der Waals surface area contributed by atoms with Crippen LogP contribution in [-0.2, 0) is 16.1 Å². The lowest BCUT2D eigenvalue weighted by molar-refractivity contribution is -0.139. The van der Waals surface area contributed by atoms with Gasteiger partial charge < -0.3 is 9.15 Å². The van der Waals surface area contributed by atoms with Crippen molar-refractivity contribution in [1.82, 2.24) is 10.2 Å². The molecule has 3 rings (SSSR count). The number of nitrogens with zero attached hydrogens (tertiary/aromatic N) is 2. The van der Waals surface area contributed by atoms with E-state index in [-0.39, 0.29) is 12.5 Å². The zero-order chi connectivity index (χ0) is 16.9. The Balaban J connectivity index is 1.57. The summed E-state index contributed by atoms with van der Waals surface area (Å²) in [5.74, 6) is 0.175. The first-order chi connectivity index (χ1) is 11.6. The first-order valence-corrected chi connectivity index (χ1v) is 8.71. The van der Waals surface area contributed by atoms with Crippen molar-refractivity contribution in [3.8, 4) is 11.5 Å². The van der Waals surface area contributed by atoms with Crippen LogP contribution in [-0.4, -0.2) is 16.2 Å². The summed E-state index contributed by atoms with van der Waals surface area (Å²) in [6.45, 7) is 1.95. The molecule has 122 valence electrons. The summed E-state index contributed by atoms with van der Waals surface area (Å²) < 4.78 is 11.5. The van der Waals surface area contributed by atoms with Crippen LogP contribution in [0.1, 0.15) is 15.6 Å². The number of carbonyl (C=O) groups excluding carboxylic acids is 1. The van der Waals surface area contributed by atoms with Crippen LogP contribution in [0.5, 0.6) is 0 Å². The molecule has 2 aromatic heterocycles. The summed E-state index contributed by atoms with van der Waals surface area (Å²) >= 11 is 5.00. The molecule has 3 aromatic rings. The van der Waals surface area contributed by atoms with Crippen molar-refractivity contribution in [2.24, 2.45) is 0 Å². The van der Waals surface area contributed by atoms with E-state index in [1.165, 1.54) is 11.0 Å². The van der Waals surface area contributed by atoms with Gasteiger partial charge in [0.2, 0.25) is 5.89 Å². The Morgan fingerprint density at radius 2 is 2.21 bits per heavy atom. The molecule has 0 saturated heterocycles. The van der Waals surface area contributed by atoms with Gasteiger partial charge in [0.25, 0.3) is 5.89 Å². The van der Waals surface area contributed by atoms with Crippen molar-refractivity contribution in [3.63, 3.8) is 0 Å². The number of carbonyl (C=O) groups is 1. The van der Waals surface area contributed by atoms with Crippen molar-refractivity contribution in [1.29, 1.82) is 0 Å². The van der Waals surface area contributed by atoms with Crippen LogP contribution in [0.2, 0.25) is 0 Å². The highest BCUT2D eigenvalue weighted by Gasteiger charge is 2.10. The largest absolute Gasteiger partial charge is 0.452 e. The van der Waals surface area contributed by atoms with E-state index in [9.17, 15) is 4.79 Å². The number of aromatic nitrogens is 2. The zero-order valence-corrected chi connectivity index (χ0v) is 15.1. The van der Waals surface area contributed by atoms with Gasteiger partial charge in [0, 0.05) is 25.9 Å². The van der Waals surface area contributed by atoms with Gasteiger partial charge in [-0.3, -0.25) is 0 Å². The Morgan fingerprint density at radius 1 is 1.33 bits per heavy atom. The van der Waals surface area contributed by atoms with Crippen molar-refractivity contribution in [2.75, 3.05) is 0 Å². The van der Waals surface area contributed by atoms with E-state index in [0.717, 1.165) is 14.9 Å². The monoisotopic (exact) mass is 404 g/mol. The van der Waals surface area contributed by atoms with Gasteiger partial charge in [0.1, 0.15) is 0 Å². The maximum atomic E-state index is 11.7. The maximum absolute atomic E-state index is 11.7. The van der Waals surface area contributed by atoms with Crippen molar-refractivity contribution in [3.05, 3.63) is 62.6 Å². The molecule has 24 heavy (non-hydrogen) atoms. The van der Waals surface area contributed by atoms with Crippen LogP contribution in [0, 0.1) is 6.92 Å². The second-order valence-corrected chi connectivity index (χ2v) is 7.14. The second-order valence-electron chi connectivity index (χ2n) is 4.90. The normalized spacial score (nSPS) is 11.1. The molecule has 0 radical (unpaired) electrons. The summed E-state index contributed by atoms with van der Waals surface area (Å²) in [7, 11) is 0. The average molecular weight is 405 g/mol. The first-order valence-electron chi connectivity index (χ1n) is 7.10. The number of thiophene rings is 1. The third-order valence-corrected chi connectivity index (χ3v) is 4.48. The van der Waals surface area contributed by atoms with E-state index in [1.54, 1.807) is 17.4 Å². The minimum Gasteiger partial charge on any atom is -0.452 e. The van der Waals surface area contributed by atoms with Crippen LogP contribution in [0.25, 0.3) is 17.5 Å². The van der Waals surface area contributed by atoms with Crippen LogP contribution in [0.3, 0.4) is 0 Å². The fourth-order valence-electron chi connectivity index (χ4n) is 1.92. The summed E-state index contributed by atoms with van der Waals surface area (Å²) in [4.78, 5) is 13.9. The van der Waals surface area contributed by atoms with Crippen LogP contribution in [0.4, 0.5) is 0 Å². The van der Waals surface area contributed by atoms with Crippen LogP contribution in [0.15, 0.2) is 51.4 Å². The Kier molecular flexibility index (Phi) is 5.22. The van der Waals surface area contributed by atoms with E-state index in [2.05, 4.69) is 26.1 Å². The molecule has 7 heteroatoms. The lowest BCUT2D eigenvalue weighted by Gasteiger charge is -1.97. The molecule has 1 aromatic carbocycles. The quantitative estimate of drug-likeness (QED) is 0.458. The number of benzene rings is 1. The van der Waals surface area contributed by atoms with Crippen LogP contribution >= 0.6 is 27.3 Å². The van der Waals surface area contributed by atoms with Gasteiger partial charge in [0.15, 0.2) is 6.61 Å². The molecule has 0 fully saturated rings. The third kappa shape index (κ3) is 4.39. The highest BCUT2D eigenvalue weighted by atomic mass is 79.9. The Labute approximate surface area is 151 Å². The SMILES string of the molecule is Cc1ccc(C=CC(=O)OCc2nnc(-c3cccc(Br)c3)o2)s1. The molecular formula is C17H13BrN2O3S. The van der Waals surface area contributed by atoms with Gasteiger partial charge in [-0.15, -0.1) is 21.5 Å². The van der Waals surface area contributed by atoms with E-state index in [4.69, 9.17) is 9.15 Å². The number of hydrogen-bond acceptors (Lipinski definition) is 6.